The van der Waals surface area contributed by atoms with Gasteiger partial charge in [0.05, 0.1) is 22.6 Å². The van der Waals surface area contributed by atoms with Crippen molar-refractivity contribution in [3.63, 3.8) is 0 Å². The molecule has 0 saturated carbocycles. The highest BCUT2D eigenvalue weighted by atomic mass is 28.4. The molecule has 3 aliphatic heterocycles. The van der Waals surface area contributed by atoms with Gasteiger partial charge in [0.25, 0.3) is 0 Å². The number of phenolic OH excluding ortho intramolecular Hbond substituents is 1. The zero-order valence-corrected chi connectivity index (χ0v) is 32.0. The quantitative estimate of drug-likeness (QED) is 0.0771. The molecule has 54 heavy (non-hydrogen) atoms. The number of anilines is 5. The summed E-state index contributed by atoms with van der Waals surface area (Å²) in [6.07, 6.45) is -2.06. The predicted octanol–water partition coefficient (Wildman–Crippen LogP) is 10.00. The van der Waals surface area contributed by atoms with Crippen molar-refractivity contribution in [2.75, 3.05) is 49.8 Å². The molecule has 1 N–H and O–H groups in total. The van der Waals surface area contributed by atoms with Crippen molar-refractivity contribution < 1.29 is 41.1 Å². The van der Waals surface area contributed by atoms with E-state index in [1.807, 2.05) is 76.3 Å². The van der Waals surface area contributed by atoms with E-state index in [4.69, 9.17) is 18.0 Å². The summed E-state index contributed by atoms with van der Waals surface area (Å²) in [4.78, 5) is 18.9. The molecular formula is C41H46F3N3O6Si. The van der Waals surface area contributed by atoms with Gasteiger partial charge in [-0.25, -0.2) is 0 Å². The second kappa shape index (κ2) is 15.3. The average Bonchev–Trinajstić information content (AvgIpc) is 3.14. The van der Waals surface area contributed by atoms with Gasteiger partial charge in [0.1, 0.15) is 17.2 Å². The van der Waals surface area contributed by atoms with Crippen LogP contribution in [0.15, 0.2) is 72.8 Å². The van der Waals surface area contributed by atoms with Crippen LogP contribution in [0.4, 0.5) is 41.6 Å². The maximum atomic E-state index is 14.0. The SMILES string of the molecule is CCO[Si](CCCCC(=O)N(C)CCCN1c2cccc3c2C2c4c(cccc4N(c4cc(C(F)(F)F)ccc4O)c4cccc1c42)O3)(OCC)OCC. The number of unbranched alkanes of at least 4 members (excludes halogenated alkanes) is 1. The summed E-state index contributed by atoms with van der Waals surface area (Å²) >= 11 is 0. The van der Waals surface area contributed by atoms with Crippen LogP contribution in [0.1, 0.15) is 74.6 Å². The summed E-state index contributed by atoms with van der Waals surface area (Å²) in [5, 5.41) is 11.1. The van der Waals surface area contributed by atoms with E-state index in [9.17, 15) is 23.1 Å². The maximum absolute atomic E-state index is 14.0. The molecule has 0 aromatic heterocycles. The van der Waals surface area contributed by atoms with Crippen molar-refractivity contribution in [1.29, 1.82) is 0 Å². The molecule has 4 aromatic rings. The van der Waals surface area contributed by atoms with Gasteiger partial charge in [-0.2, -0.15) is 13.2 Å². The second-order valence-corrected chi connectivity index (χ2v) is 16.4. The fourth-order valence-corrected chi connectivity index (χ4v) is 10.8. The first-order chi connectivity index (χ1) is 26.0. The van der Waals surface area contributed by atoms with E-state index in [1.165, 1.54) is 0 Å². The highest BCUT2D eigenvalue weighted by Gasteiger charge is 2.46. The summed E-state index contributed by atoms with van der Waals surface area (Å²) in [6, 6.07) is 21.0. The molecule has 13 heteroatoms. The predicted molar refractivity (Wildman–Crippen MR) is 204 cm³/mol. The van der Waals surface area contributed by atoms with Crippen LogP contribution in [0.5, 0.6) is 17.2 Å². The largest absolute Gasteiger partial charge is 0.506 e. The van der Waals surface area contributed by atoms with Crippen molar-refractivity contribution in [3.05, 3.63) is 95.1 Å². The summed E-state index contributed by atoms with van der Waals surface area (Å²) in [5.74, 6) is 0.902. The lowest BCUT2D eigenvalue weighted by molar-refractivity contribution is -0.137. The van der Waals surface area contributed by atoms with E-state index in [0.29, 0.717) is 75.3 Å². The molecule has 0 radical (unpaired) electrons. The normalized spacial score (nSPS) is 15.2. The number of benzene rings is 4. The molecule has 0 bridgehead atoms. The minimum Gasteiger partial charge on any atom is -0.506 e. The fourth-order valence-electron chi connectivity index (χ4n) is 8.11. The summed E-state index contributed by atoms with van der Waals surface area (Å²) in [7, 11) is -0.929. The Hall–Kier alpha value is -4.56. The van der Waals surface area contributed by atoms with Crippen LogP contribution in [0.2, 0.25) is 6.04 Å². The Kier molecular flexibility index (Phi) is 10.7. The average molecular weight is 762 g/mol. The second-order valence-electron chi connectivity index (χ2n) is 13.7. The van der Waals surface area contributed by atoms with Gasteiger partial charge in [-0.1, -0.05) is 18.2 Å². The molecule has 7 rings (SSSR count). The van der Waals surface area contributed by atoms with Crippen LogP contribution in [-0.4, -0.2) is 64.7 Å². The molecule has 0 spiro atoms. The van der Waals surface area contributed by atoms with Crippen molar-refractivity contribution in [1.82, 2.24) is 4.90 Å². The first-order valence-electron chi connectivity index (χ1n) is 18.7. The number of hydrogen-bond acceptors (Lipinski definition) is 8. The van der Waals surface area contributed by atoms with Crippen molar-refractivity contribution in [3.8, 4) is 17.2 Å². The Morgan fingerprint density at radius 3 is 2.00 bits per heavy atom. The lowest BCUT2D eigenvalue weighted by Crippen LogP contribution is -2.45. The Morgan fingerprint density at radius 1 is 0.796 bits per heavy atom. The monoisotopic (exact) mass is 761 g/mol. The van der Waals surface area contributed by atoms with Gasteiger partial charge in [-0.15, -0.1) is 0 Å². The van der Waals surface area contributed by atoms with Crippen LogP contribution in [0.25, 0.3) is 0 Å². The minimum atomic E-state index is -4.60. The van der Waals surface area contributed by atoms with Gasteiger partial charge >= 0.3 is 15.0 Å². The number of carbonyl (C=O) groups is 1. The Morgan fingerprint density at radius 2 is 1.37 bits per heavy atom. The number of carbonyl (C=O) groups excluding carboxylic acids is 1. The van der Waals surface area contributed by atoms with E-state index in [0.717, 1.165) is 58.4 Å². The molecule has 4 aromatic carbocycles. The fraction of sp³-hybridized carbons (Fsp3) is 0.390. The number of rotatable bonds is 16. The smallest absolute Gasteiger partial charge is 0.500 e. The van der Waals surface area contributed by atoms with Crippen LogP contribution in [-0.2, 0) is 24.2 Å². The molecule has 1 unspecified atom stereocenters. The Bertz CT molecular complexity index is 2010. The number of ether oxygens (including phenoxy) is 1. The topological polar surface area (TPSA) is 83.9 Å². The summed E-state index contributed by atoms with van der Waals surface area (Å²) in [6.45, 7) is 8.46. The van der Waals surface area contributed by atoms with E-state index in [1.54, 1.807) is 9.80 Å². The van der Waals surface area contributed by atoms with E-state index >= 15 is 0 Å². The third kappa shape index (κ3) is 6.82. The number of hydrogen-bond donors (Lipinski definition) is 1. The zero-order valence-electron chi connectivity index (χ0n) is 31.0. The third-order valence-electron chi connectivity index (χ3n) is 10.4. The van der Waals surface area contributed by atoms with Gasteiger partial charge < -0.3 is 37.8 Å². The number of phenols is 1. The highest BCUT2D eigenvalue weighted by molar-refractivity contribution is 6.60. The highest BCUT2D eigenvalue weighted by Crippen LogP contribution is 2.65. The molecule has 3 aliphatic rings. The molecule has 1 atom stereocenters. The third-order valence-corrected chi connectivity index (χ3v) is 13.5. The molecular weight excluding hydrogens is 716 g/mol. The van der Waals surface area contributed by atoms with Crippen LogP contribution < -0.4 is 14.5 Å². The van der Waals surface area contributed by atoms with Gasteiger partial charge in [0.15, 0.2) is 0 Å². The van der Waals surface area contributed by atoms with Crippen molar-refractivity contribution in [2.45, 2.75) is 64.6 Å². The molecule has 9 nitrogen and oxygen atoms in total. The number of alkyl halides is 3. The standard InChI is InChI=1S/C41H46F3N3O6Si/c1-5-50-54(51-6-2,52-7-3)25-9-8-20-36(49)45(4)23-13-24-46-28-14-10-16-30-37(28)40-38-29(46)15-11-18-34(38)53-35-19-12-17-31(39(35)40)47(30)32-26-27(41(42,43)44)21-22-33(32)48/h10-12,14-19,21-22,26,40,48H,5-9,13,20,23-25H2,1-4H3. The summed E-state index contributed by atoms with van der Waals surface area (Å²) < 4.78 is 66.4. The number of amides is 1. The lowest BCUT2D eigenvalue weighted by atomic mass is 9.74. The van der Waals surface area contributed by atoms with Gasteiger partial charge in [-0.3, -0.25) is 4.79 Å². The van der Waals surface area contributed by atoms with E-state index in [-0.39, 0.29) is 23.3 Å². The minimum absolute atomic E-state index is 0.0307. The number of nitrogens with zero attached hydrogens (tertiary/aromatic N) is 3. The van der Waals surface area contributed by atoms with Crippen LogP contribution in [0, 0.1) is 0 Å². The van der Waals surface area contributed by atoms with E-state index < -0.39 is 20.5 Å². The van der Waals surface area contributed by atoms with Crippen LogP contribution >= 0.6 is 0 Å². The molecule has 3 heterocycles. The first-order valence-corrected chi connectivity index (χ1v) is 20.6. The summed E-state index contributed by atoms with van der Waals surface area (Å²) in [5.41, 5.74) is 5.15. The zero-order chi connectivity index (χ0) is 38.2. The van der Waals surface area contributed by atoms with Gasteiger partial charge in [0.2, 0.25) is 5.91 Å². The number of halogens is 3. The van der Waals surface area contributed by atoms with Gasteiger partial charge in [-0.05, 0) is 94.6 Å². The maximum Gasteiger partial charge on any atom is 0.500 e. The first kappa shape index (κ1) is 37.7. The molecule has 0 fully saturated rings. The van der Waals surface area contributed by atoms with Crippen molar-refractivity contribution >= 4 is 43.1 Å². The molecule has 0 saturated heterocycles. The van der Waals surface area contributed by atoms with Gasteiger partial charge in [0, 0.05) is 86.4 Å². The van der Waals surface area contributed by atoms with Crippen LogP contribution in [0.3, 0.4) is 0 Å². The van der Waals surface area contributed by atoms with Crippen molar-refractivity contribution in [2.24, 2.45) is 0 Å². The van der Waals surface area contributed by atoms with E-state index in [2.05, 4.69) is 11.0 Å². The number of aromatic hydroxyl groups is 1. The molecule has 286 valence electrons. The molecule has 1 amide bonds. The lowest BCUT2D eigenvalue weighted by Gasteiger charge is -2.47. The Labute approximate surface area is 315 Å². The molecule has 0 aliphatic carbocycles. The Balaban J connectivity index is 1.14.